The van der Waals surface area contributed by atoms with Crippen molar-refractivity contribution < 1.29 is 19.4 Å². The third-order valence-electron chi connectivity index (χ3n) is 1.63. The Kier molecular flexibility index (Phi) is 3.41. The van der Waals surface area contributed by atoms with E-state index >= 15 is 0 Å². The van der Waals surface area contributed by atoms with Gasteiger partial charge in [0.1, 0.15) is 5.82 Å². The first-order valence-corrected chi connectivity index (χ1v) is 4.00. The van der Waals surface area contributed by atoms with Crippen molar-refractivity contribution in [3.8, 4) is 0 Å². The molecule has 0 heterocycles. The molecule has 0 amide bonds. The molecule has 1 aromatic rings. The van der Waals surface area contributed by atoms with E-state index in [9.17, 15) is 9.18 Å². The Bertz CT molecular complexity index is 312. The van der Waals surface area contributed by atoms with Gasteiger partial charge in [0.25, 0.3) is 0 Å². The summed E-state index contributed by atoms with van der Waals surface area (Å²) in [6.45, 7) is -0.110. The summed E-state index contributed by atoms with van der Waals surface area (Å²) in [5, 5.41) is 19.9. The van der Waals surface area contributed by atoms with Gasteiger partial charge in [-0.25, -0.2) is 9.18 Å². The molecule has 1 atom stereocenters. The number of aliphatic carboxylic acids is 1. The summed E-state index contributed by atoms with van der Waals surface area (Å²) in [6.07, 6.45) is -1.46. The molecule has 0 fully saturated rings. The third kappa shape index (κ3) is 3.02. The molecule has 4 nitrogen and oxygen atoms in total. The second-order valence-electron chi connectivity index (χ2n) is 2.74. The Balaban J connectivity index is 2.46. The minimum Gasteiger partial charge on any atom is -0.479 e. The van der Waals surface area contributed by atoms with Crippen molar-refractivity contribution in [2.24, 2.45) is 0 Å². The predicted octanol–water partition coefficient (Wildman–Crippen LogP) is 0.683. The van der Waals surface area contributed by atoms with Gasteiger partial charge in [0.05, 0.1) is 6.54 Å². The zero-order valence-electron chi connectivity index (χ0n) is 7.27. The monoisotopic (exact) mass is 199 g/mol. The lowest BCUT2D eigenvalue weighted by Crippen LogP contribution is -2.28. The van der Waals surface area contributed by atoms with E-state index in [0.717, 1.165) is 0 Å². The molecule has 14 heavy (non-hydrogen) atoms. The Morgan fingerprint density at radius 1 is 1.43 bits per heavy atom. The molecular formula is C9H10FNO3. The molecule has 0 aliphatic heterocycles. The second kappa shape index (κ2) is 4.57. The molecule has 76 valence electrons. The largest absolute Gasteiger partial charge is 0.479 e. The topological polar surface area (TPSA) is 69.6 Å². The molecule has 1 aromatic carbocycles. The molecule has 0 aliphatic rings. The molecule has 0 aliphatic carbocycles. The second-order valence-corrected chi connectivity index (χ2v) is 2.74. The highest BCUT2D eigenvalue weighted by molar-refractivity contribution is 5.72. The van der Waals surface area contributed by atoms with Gasteiger partial charge in [0.15, 0.2) is 6.10 Å². The predicted molar refractivity (Wildman–Crippen MR) is 48.5 cm³/mol. The van der Waals surface area contributed by atoms with Gasteiger partial charge in [-0.05, 0) is 24.3 Å². The van der Waals surface area contributed by atoms with Crippen LogP contribution in [0.5, 0.6) is 0 Å². The van der Waals surface area contributed by atoms with Crippen LogP contribution in [0.1, 0.15) is 0 Å². The van der Waals surface area contributed by atoms with E-state index in [-0.39, 0.29) is 12.4 Å². The summed E-state index contributed by atoms with van der Waals surface area (Å²) in [4.78, 5) is 10.2. The molecule has 3 N–H and O–H groups in total. The SMILES string of the molecule is O=C(O)C(O)CNc1ccc(F)cc1. The van der Waals surface area contributed by atoms with Crippen molar-refractivity contribution in [2.75, 3.05) is 11.9 Å². The first-order valence-electron chi connectivity index (χ1n) is 4.00. The number of benzene rings is 1. The van der Waals surface area contributed by atoms with Crippen LogP contribution in [0.25, 0.3) is 0 Å². The molecule has 0 spiro atoms. The van der Waals surface area contributed by atoms with E-state index in [1.165, 1.54) is 24.3 Å². The quantitative estimate of drug-likeness (QED) is 0.667. The average molecular weight is 199 g/mol. The van der Waals surface area contributed by atoms with Crippen LogP contribution in [0.4, 0.5) is 10.1 Å². The van der Waals surface area contributed by atoms with Crippen LogP contribution in [-0.4, -0.2) is 28.8 Å². The smallest absolute Gasteiger partial charge is 0.334 e. The lowest BCUT2D eigenvalue weighted by Gasteiger charge is -2.08. The number of anilines is 1. The van der Waals surface area contributed by atoms with Gasteiger partial charge in [-0.2, -0.15) is 0 Å². The summed E-state index contributed by atoms with van der Waals surface area (Å²) < 4.78 is 12.4. The average Bonchev–Trinajstić information content (AvgIpc) is 2.16. The number of carbonyl (C=O) groups is 1. The van der Waals surface area contributed by atoms with Crippen LogP contribution in [0.15, 0.2) is 24.3 Å². The Morgan fingerprint density at radius 2 is 2.00 bits per heavy atom. The lowest BCUT2D eigenvalue weighted by atomic mass is 10.3. The highest BCUT2D eigenvalue weighted by atomic mass is 19.1. The zero-order chi connectivity index (χ0) is 10.6. The first kappa shape index (κ1) is 10.5. The molecule has 0 saturated heterocycles. The Labute approximate surface area is 80.0 Å². The summed E-state index contributed by atoms with van der Waals surface area (Å²) in [7, 11) is 0. The zero-order valence-corrected chi connectivity index (χ0v) is 7.27. The lowest BCUT2D eigenvalue weighted by molar-refractivity contribution is -0.145. The minimum absolute atomic E-state index is 0.110. The number of carboxylic acids is 1. The van der Waals surface area contributed by atoms with Crippen molar-refractivity contribution in [3.05, 3.63) is 30.1 Å². The van der Waals surface area contributed by atoms with Gasteiger partial charge in [-0.3, -0.25) is 0 Å². The third-order valence-corrected chi connectivity index (χ3v) is 1.63. The van der Waals surface area contributed by atoms with E-state index in [4.69, 9.17) is 10.2 Å². The molecule has 0 saturated carbocycles. The van der Waals surface area contributed by atoms with E-state index in [1.807, 2.05) is 0 Å². The van der Waals surface area contributed by atoms with Crippen LogP contribution in [0.2, 0.25) is 0 Å². The number of halogens is 1. The van der Waals surface area contributed by atoms with E-state index in [2.05, 4.69) is 5.32 Å². The fraction of sp³-hybridized carbons (Fsp3) is 0.222. The maximum absolute atomic E-state index is 12.4. The van der Waals surface area contributed by atoms with Crippen molar-refractivity contribution >= 4 is 11.7 Å². The van der Waals surface area contributed by atoms with Crippen molar-refractivity contribution in [1.82, 2.24) is 0 Å². The molecular weight excluding hydrogens is 189 g/mol. The number of hydrogen-bond donors (Lipinski definition) is 3. The molecule has 1 unspecified atom stereocenters. The number of aliphatic hydroxyl groups is 1. The number of aliphatic hydroxyl groups excluding tert-OH is 1. The fourth-order valence-corrected chi connectivity index (χ4v) is 0.870. The number of nitrogens with one attached hydrogen (secondary N) is 1. The first-order chi connectivity index (χ1) is 6.59. The van der Waals surface area contributed by atoms with E-state index in [0.29, 0.717) is 5.69 Å². The van der Waals surface area contributed by atoms with E-state index in [1.54, 1.807) is 0 Å². The molecule has 0 aromatic heterocycles. The molecule has 0 radical (unpaired) electrons. The maximum atomic E-state index is 12.4. The summed E-state index contributed by atoms with van der Waals surface area (Å²) in [6, 6.07) is 5.42. The van der Waals surface area contributed by atoms with E-state index < -0.39 is 12.1 Å². The van der Waals surface area contributed by atoms with Gasteiger partial charge in [-0.1, -0.05) is 0 Å². The molecule has 5 heteroatoms. The van der Waals surface area contributed by atoms with Crippen molar-refractivity contribution in [2.45, 2.75) is 6.10 Å². The number of carboxylic acid groups (broad SMARTS) is 1. The molecule has 0 bridgehead atoms. The van der Waals surface area contributed by atoms with Crippen LogP contribution in [-0.2, 0) is 4.79 Å². The van der Waals surface area contributed by atoms with Crippen molar-refractivity contribution in [3.63, 3.8) is 0 Å². The summed E-state index contributed by atoms with van der Waals surface area (Å²) >= 11 is 0. The van der Waals surface area contributed by atoms with Gasteiger partial charge in [-0.15, -0.1) is 0 Å². The fourth-order valence-electron chi connectivity index (χ4n) is 0.870. The Morgan fingerprint density at radius 3 is 2.50 bits per heavy atom. The van der Waals surface area contributed by atoms with Crippen LogP contribution in [0, 0.1) is 5.82 Å². The maximum Gasteiger partial charge on any atom is 0.334 e. The normalized spacial score (nSPS) is 12.1. The van der Waals surface area contributed by atoms with Gasteiger partial charge < -0.3 is 15.5 Å². The van der Waals surface area contributed by atoms with Crippen LogP contribution >= 0.6 is 0 Å². The summed E-state index contributed by atoms with van der Waals surface area (Å²) in [5.41, 5.74) is 0.562. The van der Waals surface area contributed by atoms with Crippen molar-refractivity contribution in [1.29, 1.82) is 0 Å². The van der Waals surface area contributed by atoms with Crippen LogP contribution < -0.4 is 5.32 Å². The minimum atomic E-state index is -1.46. The highest BCUT2D eigenvalue weighted by Gasteiger charge is 2.11. The highest BCUT2D eigenvalue weighted by Crippen LogP contribution is 2.07. The van der Waals surface area contributed by atoms with Crippen LogP contribution in [0.3, 0.4) is 0 Å². The van der Waals surface area contributed by atoms with Gasteiger partial charge >= 0.3 is 5.97 Å². The molecule has 1 rings (SSSR count). The van der Waals surface area contributed by atoms with Gasteiger partial charge in [0, 0.05) is 5.69 Å². The number of rotatable bonds is 4. The standard InChI is InChI=1S/C9H10FNO3/c10-6-1-3-7(4-2-6)11-5-8(12)9(13)14/h1-4,8,11-12H,5H2,(H,13,14). The Hall–Kier alpha value is -1.62. The summed E-state index contributed by atoms with van der Waals surface area (Å²) in [5.74, 6) is -1.66. The van der Waals surface area contributed by atoms with Gasteiger partial charge in [0.2, 0.25) is 0 Å². The number of hydrogen-bond acceptors (Lipinski definition) is 3.